The van der Waals surface area contributed by atoms with Gasteiger partial charge in [0.25, 0.3) is 0 Å². The Bertz CT molecular complexity index is 424. The summed E-state index contributed by atoms with van der Waals surface area (Å²) in [4.78, 5) is 23.3. The summed E-state index contributed by atoms with van der Waals surface area (Å²) in [5.74, 6) is -0.174. The Balaban J connectivity index is 2.30. The van der Waals surface area contributed by atoms with E-state index in [2.05, 4.69) is 5.32 Å². The molecule has 0 saturated carbocycles. The Morgan fingerprint density at radius 1 is 1.21 bits per heavy atom. The van der Waals surface area contributed by atoms with Gasteiger partial charge in [0.15, 0.2) is 5.78 Å². The fraction of sp³-hybridized carbons (Fsp3) is 0.467. The molecule has 0 radical (unpaired) electrons. The van der Waals surface area contributed by atoms with Gasteiger partial charge in [0.2, 0.25) is 5.91 Å². The van der Waals surface area contributed by atoms with Gasteiger partial charge >= 0.3 is 0 Å². The molecule has 1 rings (SSSR count). The highest BCUT2D eigenvalue weighted by molar-refractivity contribution is 5.97. The molecule has 0 spiro atoms. The van der Waals surface area contributed by atoms with E-state index in [1.807, 2.05) is 19.1 Å². The molecule has 0 saturated heterocycles. The second-order valence-corrected chi connectivity index (χ2v) is 4.78. The number of rotatable bonds is 7. The van der Waals surface area contributed by atoms with Gasteiger partial charge in [0, 0.05) is 24.9 Å². The molecule has 4 heteroatoms. The van der Waals surface area contributed by atoms with E-state index >= 15 is 0 Å². The summed E-state index contributed by atoms with van der Waals surface area (Å²) in [5.41, 5.74) is 1.75. The average molecular weight is 263 g/mol. The van der Waals surface area contributed by atoms with E-state index in [9.17, 15) is 9.59 Å². The number of hydrogen-bond donors (Lipinski definition) is 2. The van der Waals surface area contributed by atoms with Gasteiger partial charge in [0.1, 0.15) is 0 Å². The quantitative estimate of drug-likeness (QED) is 0.738. The molecule has 1 aromatic carbocycles. The van der Waals surface area contributed by atoms with Crippen LogP contribution in [0.5, 0.6) is 0 Å². The zero-order chi connectivity index (χ0) is 14.3. The number of carbonyl (C=O) groups is 2. The van der Waals surface area contributed by atoms with Crippen LogP contribution in [-0.2, 0) is 4.79 Å². The predicted molar refractivity (Wildman–Crippen MR) is 74.1 cm³/mol. The molecule has 1 aromatic rings. The topological polar surface area (TPSA) is 66.4 Å². The van der Waals surface area contributed by atoms with Crippen LogP contribution in [0.3, 0.4) is 0 Å². The summed E-state index contributed by atoms with van der Waals surface area (Å²) >= 11 is 0. The van der Waals surface area contributed by atoms with Crippen molar-refractivity contribution in [3.8, 4) is 0 Å². The van der Waals surface area contributed by atoms with Gasteiger partial charge in [-0.05, 0) is 20.3 Å². The first kappa shape index (κ1) is 15.4. The lowest BCUT2D eigenvalue weighted by Gasteiger charge is -2.06. The van der Waals surface area contributed by atoms with Crippen molar-refractivity contribution >= 4 is 11.7 Å². The van der Waals surface area contributed by atoms with Crippen molar-refractivity contribution in [2.24, 2.45) is 0 Å². The lowest BCUT2D eigenvalue weighted by atomic mass is 10.0. The van der Waals surface area contributed by atoms with E-state index in [1.165, 1.54) is 0 Å². The maximum atomic E-state index is 11.8. The van der Waals surface area contributed by atoms with E-state index in [0.717, 1.165) is 5.56 Å². The van der Waals surface area contributed by atoms with E-state index in [0.29, 0.717) is 18.5 Å². The first-order chi connectivity index (χ1) is 8.99. The lowest BCUT2D eigenvalue weighted by Crippen LogP contribution is -2.26. The molecule has 1 amide bonds. The minimum Gasteiger partial charge on any atom is -0.393 e. The SMILES string of the molecule is Cc1ccc(C(=O)CCC(=O)NCCC(C)O)cc1. The predicted octanol–water partition coefficient (Wildman–Crippen LogP) is 1.85. The van der Waals surface area contributed by atoms with Crippen molar-refractivity contribution in [3.63, 3.8) is 0 Å². The summed E-state index contributed by atoms with van der Waals surface area (Å²) < 4.78 is 0. The zero-order valence-corrected chi connectivity index (χ0v) is 11.5. The highest BCUT2D eigenvalue weighted by Crippen LogP contribution is 2.07. The van der Waals surface area contributed by atoms with Crippen LogP contribution < -0.4 is 5.32 Å². The van der Waals surface area contributed by atoms with Gasteiger partial charge in [-0.1, -0.05) is 29.8 Å². The second-order valence-electron chi connectivity index (χ2n) is 4.78. The normalized spacial score (nSPS) is 11.9. The van der Waals surface area contributed by atoms with Crippen LogP contribution in [0.15, 0.2) is 24.3 Å². The molecule has 4 nitrogen and oxygen atoms in total. The number of aryl methyl sites for hydroxylation is 1. The molecule has 1 unspecified atom stereocenters. The van der Waals surface area contributed by atoms with E-state index in [4.69, 9.17) is 5.11 Å². The zero-order valence-electron chi connectivity index (χ0n) is 11.5. The van der Waals surface area contributed by atoms with Crippen molar-refractivity contribution in [2.75, 3.05) is 6.54 Å². The van der Waals surface area contributed by atoms with Gasteiger partial charge in [-0.25, -0.2) is 0 Å². The molecule has 104 valence electrons. The Labute approximate surface area is 113 Å². The molecule has 0 aliphatic rings. The Hall–Kier alpha value is -1.68. The maximum absolute atomic E-state index is 11.8. The number of carbonyl (C=O) groups excluding carboxylic acids is 2. The maximum Gasteiger partial charge on any atom is 0.220 e. The number of aliphatic hydroxyl groups excluding tert-OH is 1. The van der Waals surface area contributed by atoms with Crippen molar-refractivity contribution in [3.05, 3.63) is 35.4 Å². The molecular weight excluding hydrogens is 242 g/mol. The van der Waals surface area contributed by atoms with E-state index in [1.54, 1.807) is 19.1 Å². The molecule has 19 heavy (non-hydrogen) atoms. The smallest absolute Gasteiger partial charge is 0.220 e. The summed E-state index contributed by atoms with van der Waals surface area (Å²) in [5, 5.41) is 11.7. The largest absolute Gasteiger partial charge is 0.393 e. The monoisotopic (exact) mass is 263 g/mol. The van der Waals surface area contributed by atoms with Crippen LogP contribution in [0.4, 0.5) is 0 Å². The molecular formula is C15H21NO3. The van der Waals surface area contributed by atoms with Crippen LogP contribution in [-0.4, -0.2) is 29.4 Å². The van der Waals surface area contributed by atoms with Crippen molar-refractivity contribution in [1.29, 1.82) is 0 Å². The molecule has 0 heterocycles. The lowest BCUT2D eigenvalue weighted by molar-refractivity contribution is -0.121. The molecule has 0 aromatic heterocycles. The van der Waals surface area contributed by atoms with E-state index < -0.39 is 6.10 Å². The number of benzene rings is 1. The Kier molecular flexibility index (Phi) is 6.22. The van der Waals surface area contributed by atoms with Gasteiger partial charge in [-0.15, -0.1) is 0 Å². The molecule has 1 atom stereocenters. The minimum atomic E-state index is -0.422. The van der Waals surface area contributed by atoms with E-state index in [-0.39, 0.29) is 24.5 Å². The van der Waals surface area contributed by atoms with Crippen molar-refractivity contribution in [1.82, 2.24) is 5.32 Å². The number of Topliss-reactive ketones (excluding diaryl/α,β-unsaturated/α-hetero) is 1. The second kappa shape index (κ2) is 7.69. The highest BCUT2D eigenvalue weighted by atomic mass is 16.3. The Morgan fingerprint density at radius 3 is 2.42 bits per heavy atom. The Morgan fingerprint density at radius 2 is 1.84 bits per heavy atom. The average Bonchev–Trinajstić information content (AvgIpc) is 2.36. The summed E-state index contributed by atoms with van der Waals surface area (Å²) in [6.07, 6.45) is 0.503. The fourth-order valence-electron chi connectivity index (χ4n) is 1.62. The van der Waals surface area contributed by atoms with Crippen LogP contribution >= 0.6 is 0 Å². The summed E-state index contributed by atoms with van der Waals surface area (Å²) in [6, 6.07) is 7.33. The fourth-order valence-corrected chi connectivity index (χ4v) is 1.62. The van der Waals surface area contributed by atoms with Gasteiger partial charge < -0.3 is 10.4 Å². The number of ketones is 1. The number of amides is 1. The standard InChI is InChI=1S/C15H21NO3/c1-11-3-5-13(6-4-11)14(18)7-8-15(19)16-10-9-12(2)17/h3-6,12,17H,7-10H2,1-2H3,(H,16,19). The van der Waals surface area contributed by atoms with Crippen LogP contribution in [0.25, 0.3) is 0 Å². The number of nitrogens with one attached hydrogen (secondary N) is 1. The van der Waals surface area contributed by atoms with Crippen molar-refractivity contribution < 1.29 is 14.7 Å². The van der Waals surface area contributed by atoms with Gasteiger partial charge in [0.05, 0.1) is 6.10 Å². The molecule has 0 aliphatic heterocycles. The van der Waals surface area contributed by atoms with Crippen LogP contribution in [0.1, 0.15) is 42.1 Å². The summed E-state index contributed by atoms with van der Waals surface area (Å²) in [6.45, 7) is 4.08. The molecule has 0 fully saturated rings. The molecule has 0 bridgehead atoms. The van der Waals surface area contributed by atoms with Crippen molar-refractivity contribution in [2.45, 2.75) is 39.2 Å². The van der Waals surface area contributed by atoms with Gasteiger partial charge in [-0.3, -0.25) is 9.59 Å². The number of hydrogen-bond acceptors (Lipinski definition) is 3. The third-order valence-corrected chi connectivity index (χ3v) is 2.84. The van der Waals surface area contributed by atoms with Crippen LogP contribution in [0.2, 0.25) is 0 Å². The number of aliphatic hydroxyl groups is 1. The molecule has 0 aliphatic carbocycles. The van der Waals surface area contributed by atoms with Crippen LogP contribution in [0, 0.1) is 6.92 Å². The first-order valence-electron chi connectivity index (χ1n) is 6.53. The highest BCUT2D eigenvalue weighted by Gasteiger charge is 2.09. The summed E-state index contributed by atoms with van der Waals surface area (Å²) in [7, 11) is 0. The minimum absolute atomic E-state index is 0.0225. The third kappa shape index (κ3) is 6.15. The van der Waals surface area contributed by atoms with Gasteiger partial charge in [-0.2, -0.15) is 0 Å². The first-order valence-corrected chi connectivity index (χ1v) is 6.53. The molecule has 2 N–H and O–H groups in total. The third-order valence-electron chi connectivity index (χ3n) is 2.84.